The number of hydrogen-bond donors (Lipinski definition) is 2. The first-order chi connectivity index (χ1) is 11.7. The van der Waals surface area contributed by atoms with Crippen LogP contribution in [-0.2, 0) is 9.53 Å². The maximum Gasteiger partial charge on any atom is 0.407 e. The van der Waals surface area contributed by atoms with Gasteiger partial charge < -0.3 is 19.9 Å². The van der Waals surface area contributed by atoms with Crippen LogP contribution in [0.4, 0.5) is 4.79 Å². The van der Waals surface area contributed by atoms with Gasteiger partial charge in [-0.2, -0.15) is 5.26 Å². The van der Waals surface area contributed by atoms with E-state index < -0.39 is 17.7 Å². The van der Waals surface area contributed by atoms with Crippen LogP contribution in [0.2, 0.25) is 0 Å². The van der Waals surface area contributed by atoms with Gasteiger partial charge in [-0.3, -0.25) is 0 Å². The second-order valence-electron chi connectivity index (χ2n) is 6.17. The fraction of sp³-hybridized carbons (Fsp3) is 0.389. The van der Waals surface area contributed by atoms with Crippen LogP contribution in [0, 0.1) is 11.3 Å². The fourth-order valence-electron chi connectivity index (χ4n) is 1.79. The molecule has 0 atom stereocenters. The van der Waals surface area contributed by atoms with Crippen LogP contribution in [0.25, 0.3) is 6.08 Å². The Morgan fingerprint density at radius 3 is 2.68 bits per heavy atom. The Kier molecular flexibility index (Phi) is 7.47. The van der Waals surface area contributed by atoms with E-state index in [0.717, 1.165) is 6.08 Å². The molecule has 2 N–H and O–H groups in total. The molecular formula is C18H22N2O5. The molecule has 0 radical (unpaired) electrons. The average Bonchev–Trinajstić information content (AvgIpc) is 2.51. The number of carbonyl (C=O) groups is 2. The van der Waals surface area contributed by atoms with Gasteiger partial charge in [0.15, 0.2) is 0 Å². The molecule has 0 aliphatic rings. The lowest BCUT2D eigenvalue weighted by atomic mass is 10.1. The van der Waals surface area contributed by atoms with Crippen LogP contribution in [0.1, 0.15) is 38.3 Å². The number of hydrogen-bond acceptors (Lipinski definition) is 5. The molecule has 0 bridgehead atoms. The largest absolute Gasteiger partial charge is 0.493 e. The molecule has 0 aliphatic heterocycles. The third-order valence-corrected chi connectivity index (χ3v) is 2.80. The van der Waals surface area contributed by atoms with Crippen molar-refractivity contribution in [3.63, 3.8) is 0 Å². The molecular weight excluding hydrogens is 324 g/mol. The Morgan fingerprint density at radius 2 is 2.08 bits per heavy atom. The number of carboxylic acid groups (broad SMARTS) is 1. The first-order valence-electron chi connectivity index (χ1n) is 7.76. The smallest absolute Gasteiger partial charge is 0.407 e. The monoisotopic (exact) mass is 346 g/mol. The molecule has 0 saturated carbocycles. The van der Waals surface area contributed by atoms with E-state index >= 15 is 0 Å². The Balaban J connectivity index is 2.54. The summed E-state index contributed by atoms with van der Waals surface area (Å²) in [5, 5.41) is 20.3. The Labute approximate surface area is 146 Å². The van der Waals surface area contributed by atoms with Gasteiger partial charge in [0.2, 0.25) is 0 Å². The third kappa shape index (κ3) is 8.42. The molecule has 0 saturated heterocycles. The first-order valence-corrected chi connectivity index (χ1v) is 7.76. The SMILES string of the molecule is CC(C)(C)OC(=O)NCCCOc1cc(C#N)ccc1C=CC(=O)O. The number of nitrogens with zero attached hydrogens (tertiary/aromatic N) is 1. The minimum atomic E-state index is -1.07. The first kappa shape index (κ1) is 20.0. The zero-order valence-electron chi connectivity index (χ0n) is 14.5. The van der Waals surface area contributed by atoms with E-state index in [1.807, 2.05) is 6.07 Å². The van der Waals surface area contributed by atoms with Crippen LogP contribution < -0.4 is 10.1 Å². The van der Waals surface area contributed by atoms with Crippen LogP contribution >= 0.6 is 0 Å². The summed E-state index contributed by atoms with van der Waals surface area (Å²) in [6, 6.07) is 6.75. The quantitative estimate of drug-likeness (QED) is 0.580. The van der Waals surface area contributed by atoms with Gasteiger partial charge in [0.1, 0.15) is 11.4 Å². The van der Waals surface area contributed by atoms with Gasteiger partial charge in [-0.25, -0.2) is 9.59 Å². The van der Waals surface area contributed by atoms with Crippen molar-refractivity contribution < 1.29 is 24.2 Å². The predicted molar refractivity (Wildman–Crippen MR) is 92.2 cm³/mol. The maximum atomic E-state index is 11.5. The van der Waals surface area contributed by atoms with E-state index in [0.29, 0.717) is 36.4 Å². The Hall–Kier alpha value is -3.01. The number of carbonyl (C=O) groups excluding carboxylic acids is 1. The zero-order valence-corrected chi connectivity index (χ0v) is 14.5. The van der Waals surface area contributed by atoms with Crippen molar-refractivity contribution in [3.8, 4) is 11.8 Å². The topological polar surface area (TPSA) is 109 Å². The van der Waals surface area contributed by atoms with E-state index in [2.05, 4.69) is 5.32 Å². The molecule has 7 nitrogen and oxygen atoms in total. The van der Waals surface area contributed by atoms with Crippen LogP contribution in [0.15, 0.2) is 24.3 Å². The Morgan fingerprint density at radius 1 is 1.36 bits per heavy atom. The summed E-state index contributed by atoms with van der Waals surface area (Å²) in [7, 11) is 0. The van der Waals surface area contributed by atoms with Crippen LogP contribution in [0.3, 0.4) is 0 Å². The molecule has 0 fully saturated rings. The molecule has 0 heterocycles. The van der Waals surface area contributed by atoms with Crippen molar-refractivity contribution in [1.29, 1.82) is 5.26 Å². The van der Waals surface area contributed by atoms with Gasteiger partial charge in [-0.1, -0.05) is 0 Å². The number of aliphatic carboxylic acids is 1. The summed E-state index contributed by atoms with van der Waals surface area (Å²) in [6.45, 7) is 6.00. The van der Waals surface area contributed by atoms with E-state index in [4.69, 9.17) is 19.8 Å². The highest BCUT2D eigenvalue weighted by molar-refractivity contribution is 5.86. The summed E-state index contributed by atoms with van der Waals surface area (Å²) in [4.78, 5) is 22.1. The molecule has 0 aliphatic carbocycles. The number of nitrogens with one attached hydrogen (secondary N) is 1. The van der Waals surface area contributed by atoms with Crippen LogP contribution in [-0.4, -0.2) is 35.9 Å². The minimum absolute atomic E-state index is 0.290. The van der Waals surface area contributed by atoms with Crippen molar-refractivity contribution in [1.82, 2.24) is 5.32 Å². The Bertz CT molecular complexity index is 684. The highest BCUT2D eigenvalue weighted by Gasteiger charge is 2.15. The van der Waals surface area contributed by atoms with E-state index in [1.165, 1.54) is 6.08 Å². The summed E-state index contributed by atoms with van der Waals surface area (Å²) in [5.41, 5.74) is 0.416. The summed E-state index contributed by atoms with van der Waals surface area (Å²) < 4.78 is 10.7. The van der Waals surface area contributed by atoms with Crippen molar-refractivity contribution in [3.05, 3.63) is 35.4 Å². The molecule has 7 heteroatoms. The lowest BCUT2D eigenvalue weighted by Gasteiger charge is -2.19. The summed E-state index contributed by atoms with van der Waals surface area (Å²) in [5.74, 6) is -0.661. The molecule has 0 unspecified atom stereocenters. The molecule has 134 valence electrons. The number of ether oxygens (including phenoxy) is 2. The van der Waals surface area contributed by atoms with Crippen molar-refractivity contribution >= 4 is 18.1 Å². The van der Waals surface area contributed by atoms with Crippen molar-refractivity contribution in [2.75, 3.05) is 13.2 Å². The molecule has 25 heavy (non-hydrogen) atoms. The lowest BCUT2D eigenvalue weighted by molar-refractivity contribution is -0.131. The molecule has 0 aromatic heterocycles. The lowest BCUT2D eigenvalue weighted by Crippen LogP contribution is -2.33. The third-order valence-electron chi connectivity index (χ3n) is 2.80. The van der Waals surface area contributed by atoms with Crippen molar-refractivity contribution in [2.24, 2.45) is 0 Å². The van der Waals surface area contributed by atoms with Gasteiger partial charge in [0.05, 0.1) is 18.2 Å². The maximum absolute atomic E-state index is 11.5. The van der Waals surface area contributed by atoms with Gasteiger partial charge >= 0.3 is 12.1 Å². The second kappa shape index (κ2) is 9.33. The minimum Gasteiger partial charge on any atom is -0.493 e. The number of carboxylic acids is 1. The summed E-state index contributed by atoms with van der Waals surface area (Å²) in [6.07, 6.45) is 2.43. The molecule has 0 spiro atoms. The molecule has 1 aromatic carbocycles. The highest BCUT2D eigenvalue weighted by atomic mass is 16.6. The van der Waals surface area contributed by atoms with E-state index in [1.54, 1.807) is 39.0 Å². The van der Waals surface area contributed by atoms with Crippen molar-refractivity contribution in [2.45, 2.75) is 32.8 Å². The summed E-state index contributed by atoms with van der Waals surface area (Å²) >= 11 is 0. The molecule has 1 rings (SSSR count). The molecule has 1 aromatic rings. The number of nitriles is 1. The number of rotatable bonds is 7. The normalized spacial score (nSPS) is 11.0. The van der Waals surface area contributed by atoms with E-state index in [9.17, 15) is 9.59 Å². The number of amides is 1. The number of benzene rings is 1. The van der Waals surface area contributed by atoms with Gasteiger partial charge in [-0.05, 0) is 51.5 Å². The standard InChI is InChI=1S/C18H22N2O5/c1-18(2,3)25-17(23)20-9-4-10-24-15-11-13(12-19)5-6-14(15)7-8-16(21)22/h5-8,11H,4,9-10H2,1-3H3,(H,20,23)(H,21,22). The van der Waals surface area contributed by atoms with Crippen LogP contribution in [0.5, 0.6) is 5.75 Å². The van der Waals surface area contributed by atoms with E-state index in [-0.39, 0.29) is 0 Å². The zero-order chi connectivity index (χ0) is 18.9. The predicted octanol–water partition coefficient (Wildman–Crippen LogP) is 2.95. The molecule has 1 amide bonds. The second-order valence-corrected chi connectivity index (χ2v) is 6.17. The average molecular weight is 346 g/mol. The number of alkyl carbamates (subject to hydrolysis) is 1. The van der Waals surface area contributed by atoms with Gasteiger partial charge in [-0.15, -0.1) is 0 Å². The highest BCUT2D eigenvalue weighted by Crippen LogP contribution is 2.22. The van der Waals surface area contributed by atoms with Gasteiger partial charge in [0, 0.05) is 18.2 Å². The fourth-order valence-corrected chi connectivity index (χ4v) is 1.79. The van der Waals surface area contributed by atoms with Gasteiger partial charge in [0.25, 0.3) is 0 Å².